The van der Waals surface area contributed by atoms with Gasteiger partial charge in [-0.15, -0.1) is 0 Å². The van der Waals surface area contributed by atoms with Crippen LogP contribution < -0.4 is 10.6 Å². The molecule has 21 heavy (non-hydrogen) atoms. The molecule has 1 atom stereocenters. The number of aromatic nitrogens is 1. The van der Waals surface area contributed by atoms with Crippen molar-refractivity contribution in [3.05, 3.63) is 23.9 Å². The van der Waals surface area contributed by atoms with Crippen molar-refractivity contribution in [1.82, 2.24) is 9.88 Å². The summed E-state index contributed by atoms with van der Waals surface area (Å²) in [5.41, 5.74) is 7.27. The lowest BCUT2D eigenvalue weighted by Gasteiger charge is -2.41. The van der Waals surface area contributed by atoms with Gasteiger partial charge >= 0.3 is 0 Å². The standard InChI is InChI=1S/C17H28N4/c1-14(18)16-6-5-9-19-17(16)21-12-7-15(8-13-21)20-10-3-2-4-11-20/h5-6,9,14-15H,2-4,7-8,10-13,18H2,1H3/t14-/m0/s1. The van der Waals surface area contributed by atoms with Gasteiger partial charge in [-0.1, -0.05) is 12.5 Å². The highest BCUT2D eigenvalue weighted by Crippen LogP contribution is 2.27. The summed E-state index contributed by atoms with van der Waals surface area (Å²) in [6.07, 6.45) is 8.59. The Balaban J connectivity index is 1.63. The van der Waals surface area contributed by atoms with Crippen molar-refractivity contribution in [2.75, 3.05) is 31.1 Å². The molecule has 0 aromatic carbocycles. The van der Waals surface area contributed by atoms with Crippen LogP contribution in [0.3, 0.4) is 0 Å². The first-order valence-corrected chi connectivity index (χ1v) is 8.45. The monoisotopic (exact) mass is 288 g/mol. The van der Waals surface area contributed by atoms with Crippen molar-refractivity contribution in [3.8, 4) is 0 Å². The highest BCUT2D eigenvalue weighted by atomic mass is 15.2. The third-order valence-electron chi connectivity index (χ3n) is 4.98. The van der Waals surface area contributed by atoms with Gasteiger partial charge in [0, 0.05) is 36.9 Å². The molecule has 0 aliphatic carbocycles. The maximum Gasteiger partial charge on any atom is 0.133 e. The second kappa shape index (κ2) is 6.75. The van der Waals surface area contributed by atoms with E-state index in [1.54, 1.807) is 0 Å². The molecule has 2 saturated heterocycles. The Bertz CT molecular complexity index is 446. The number of nitrogens with two attached hydrogens (primary N) is 1. The molecule has 0 bridgehead atoms. The van der Waals surface area contributed by atoms with Gasteiger partial charge in [-0.05, 0) is 51.8 Å². The van der Waals surface area contributed by atoms with E-state index in [0.717, 1.165) is 24.9 Å². The topological polar surface area (TPSA) is 45.4 Å². The zero-order chi connectivity index (χ0) is 14.7. The molecular formula is C17H28N4. The zero-order valence-electron chi connectivity index (χ0n) is 13.2. The van der Waals surface area contributed by atoms with Crippen LogP contribution in [-0.2, 0) is 0 Å². The molecule has 1 aromatic rings. The molecule has 0 radical (unpaired) electrons. The van der Waals surface area contributed by atoms with Gasteiger partial charge in [0.1, 0.15) is 5.82 Å². The van der Waals surface area contributed by atoms with Crippen LogP contribution in [0.15, 0.2) is 18.3 Å². The molecule has 2 aliphatic rings. The number of hydrogen-bond donors (Lipinski definition) is 1. The van der Waals surface area contributed by atoms with Gasteiger partial charge in [-0.2, -0.15) is 0 Å². The largest absolute Gasteiger partial charge is 0.356 e. The Morgan fingerprint density at radius 3 is 2.52 bits per heavy atom. The van der Waals surface area contributed by atoms with E-state index in [9.17, 15) is 0 Å². The molecule has 0 spiro atoms. The molecule has 2 fully saturated rings. The predicted octanol–water partition coefficient (Wildman–Crippen LogP) is 2.56. The van der Waals surface area contributed by atoms with Crippen LogP contribution in [0.1, 0.15) is 50.6 Å². The van der Waals surface area contributed by atoms with E-state index >= 15 is 0 Å². The first-order valence-electron chi connectivity index (χ1n) is 8.45. The summed E-state index contributed by atoms with van der Waals surface area (Å²) in [4.78, 5) is 9.74. The minimum Gasteiger partial charge on any atom is -0.356 e. The van der Waals surface area contributed by atoms with Gasteiger partial charge < -0.3 is 15.5 Å². The quantitative estimate of drug-likeness (QED) is 0.928. The minimum atomic E-state index is 0.0496. The van der Waals surface area contributed by atoms with E-state index < -0.39 is 0 Å². The van der Waals surface area contributed by atoms with E-state index in [1.165, 1.54) is 50.8 Å². The fourth-order valence-electron chi connectivity index (χ4n) is 3.76. The molecule has 3 rings (SSSR count). The molecule has 116 valence electrons. The fourth-order valence-corrected chi connectivity index (χ4v) is 3.76. The van der Waals surface area contributed by atoms with Crippen LogP contribution >= 0.6 is 0 Å². The predicted molar refractivity (Wildman–Crippen MR) is 87.5 cm³/mol. The summed E-state index contributed by atoms with van der Waals surface area (Å²) in [6.45, 7) is 6.87. The van der Waals surface area contributed by atoms with Crippen LogP contribution in [-0.4, -0.2) is 42.1 Å². The molecule has 3 heterocycles. The van der Waals surface area contributed by atoms with Gasteiger partial charge in [-0.25, -0.2) is 4.98 Å². The van der Waals surface area contributed by atoms with Gasteiger partial charge in [0.05, 0.1) is 0 Å². The Hall–Kier alpha value is -1.13. The first-order chi connectivity index (χ1) is 10.3. The molecule has 0 unspecified atom stereocenters. The summed E-state index contributed by atoms with van der Waals surface area (Å²) >= 11 is 0. The Labute approximate surface area is 128 Å². The molecule has 4 nitrogen and oxygen atoms in total. The van der Waals surface area contributed by atoms with Crippen molar-refractivity contribution >= 4 is 5.82 Å². The van der Waals surface area contributed by atoms with E-state index in [4.69, 9.17) is 5.73 Å². The zero-order valence-corrected chi connectivity index (χ0v) is 13.2. The van der Waals surface area contributed by atoms with E-state index in [2.05, 4.69) is 20.9 Å². The maximum absolute atomic E-state index is 6.09. The number of likely N-dealkylation sites (tertiary alicyclic amines) is 1. The Morgan fingerprint density at radius 1 is 1.14 bits per heavy atom. The summed E-state index contributed by atoms with van der Waals surface area (Å²) < 4.78 is 0. The lowest BCUT2D eigenvalue weighted by Crippen LogP contribution is -2.47. The van der Waals surface area contributed by atoms with Crippen LogP contribution in [0.2, 0.25) is 0 Å². The van der Waals surface area contributed by atoms with Crippen molar-refractivity contribution in [2.24, 2.45) is 5.73 Å². The van der Waals surface area contributed by atoms with E-state index in [-0.39, 0.29) is 6.04 Å². The van der Waals surface area contributed by atoms with Crippen LogP contribution in [0.25, 0.3) is 0 Å². The normalized spacial score (nSPS) is 23.2. The number of piperidine rings is 2. The Kier molecular flexibility index (Phi) is 4.76. The van der Waals surface area contributed by atoms with E-state index in [1.807, 2.05) is 19.2 Å². The maximum atomic E-state index is 6.09. The van der Waals surface area contributed by atoms with Gasteiger partial charge in [0.2, 0.25) is 0 Å². The second-order valence-electron chi connectivity index (χ2n) is 6.52. The number of nitrogens with zero attached hydrogens (tertiary/aromatic N) is 3. The summed E-state index contributed by atoms with van der Waals surface area (Å²) in [5, 5.41) is 0. The lowest BCUT2D eigenvalue weighted by atomic mass is 9.99. The first kappa shape index (κ1) is 14.8. The third kappa shape index (κ3) is 3.38. The van der Waals surface area contributed by atoms with Crippen LogP contribution in [0.5, 0.6) is 0 Å². The summed E-state index contributed by atoms with van der Waals surface area (Å²) in [5.74, 6) is 1.10. The highest BCUT2D eigenvalue weighted by Gasteiger charge is 2.27. The SMILES string of the molecule is C[C@H](N)c1cccnc1N1CCC(N2CCCCC2)CC1. The molecular weight excluding hydrogens is 260 g/mol. The van der Waals surface area contributed by atoms with Gasteiger partial charge in [0.15, 0.2) is 0 Å². The number of rotatable bonds is 3. The summed E-state index contributed by atoms with van der Waals surface area (Å²) in [6, 6.07) is 4.93. The second-order valence-corrected chi connectivity index (χ2v) is 6.52. The number of pyridine rings is 1. The minimum absolute atomic E-state index is 0.0496. The lowest BCUT2D eigenvalue weighted by molar-refractivity contribution is 0.141. The molecule has 0 saturated carbocycles. The average Bonchev–Trinajstić information content (AvgIpc) is 2.56. The Morgan fingerprint density at radius 2 is 1.86 bits per heavy atom. The number of anilines is 1. The summed E-state index contributed by atoms with van der Waals surface area (Å²) in [7, 11) is 0. The fraction of sp³-hybridized carbons (Fsp3) is 0.706. The van der Waals surface area contributed by atoms with Crippen molar-refractivity contribution in [1.29, 1.82) is 0 Å². The van der Waals surface area contributed by atoms with Crippen molar-refractivity contribution in [2.45, 2.75) is 51.1 Å². The van der Waals surface area contributed by atoms with Gasteiger partial charge in [-0.3, -0.25) is 0 Å². The van der Waals surface area contributed by atoms with Crippen molar-refractivity contribution in [3.63, 3.8) is 0 Å². The molecule has 1 aromatic heterocycles. The average molecular weight is 288 g/mol. The van der Waals surface area contributed by atoms with Crippen LogP contribution in [0.4, 0.5) is 5.82 Å². The smallest absolute Gasteiger partial charge is 0.133 e. The molecule has 4 heteroatoms. The molecule has 0 amide bonds. The van der Waals surface area contributed by atoms with E-state index in [0.29, 0.717) is 0 Å². The van der Waals surface area contributed by atoms with Crippen LogP contribution in [0, 0.1) is 0 Å². The van der Waals surface area contributed by atoms with Gasteiger partial charge in [0.25, 0.3) is 0 Å². The molecule has 2 N–H and O–H groups in total. The van der Waals surface area contributed by atoms with Crippen molar-refractivity contribution < 1.29 is 0 Å². The third-order valence-corrected chi connectivity index (χ3v) is 4.98. The number of hydrogen-bond acceptors (Lipinski definition) is 4. The molecule has 2 aliphatic heterocycles. The highest BCUT2D eigenvalue weighted by molar-refractivity contribution is 5.48.